The highest BCUT2D eigenvalue weighted by atomic mass is 32.2. The van der Waals surface area contributed by atoms with Crippen LogP contribution in [0.4, 0.5) is 18.9 Å². The molecule has 0 fully saturated rings. The van der Waals surface area contributed by atoms with E-state index in [9.17, 15) is 22.8 Å². The summed E-state index contributed by atoms with van der Waals surface area (Å²) in [6, 6.07) is 13.3. The number of rotatable bonds is 2. The zero-order valence-electron chi connectivity index (χ0n) is 16.5. The van der Waals surface area contributed by atoms with Crippen LogP contribution in [0.3, 0.4) is 0 Å². The summed E-state index contributed by atoms with van der Waals surface area (Å²) in [7, 11) is 0. The van der Waals surface area contributed by atoms with E-state index in [-0.39, 0.29) is 11.4 Å². The molecule has 0 bridgehead atoms. The number of benzene rings is 2. The van der Waals surface area contributed by atoms with Gasteiger partial charge in [-0.1, -0.05) is 18.2 Å². The average Bonchev–Trinajstić information content (AvgIpc) is 2.95. The van der Waals surface area contributed by atoms with Crippen molar-refractivity contribution in [2.45, 2.75) is 24.4 Å². The summed E-state index contributed by atoms with van der Waals surface area (Å²) in [4.78, 5) is 28.4. The van der Waals surface area contributed by atoms with E-state index in [1.165, 1.54) is 27.8 Å². The van der Waals surface area contributed by atoms with Crippen LogP contribution in [-0.4, -0.2) is 28.0 Å². The van der Waals surface area contributed by atoms with E-state index in [0.717, 1.165) is 29.2 Å². The minimum absolute atomic E-state index is 0.119. The van der Waals surface area contributed by atoms with Gasteiger partial charge in [0.25, 0.3) is 5.91 Å². The number of alkyl halides is 3. The Morgan fingerprint density at radius 1 is 1.10 bits per heavy atom. The number of amides is 1. The lowest BCUT2D eigenvalue weighted by molar-refractivity contribution is -0.137. The van der Waals surface area contributed by atoms with Crippen LogP contribution in [-0.2, 0) is 6.18 Å². The SMILES string of the molecule is Cc1cc(=O)c(C(=O)N2CCCSc3ccccc32)nn1-c1cccc(C(F)(F)F)c1. The van der Waals surface area contributed by atoms with Crippen molar-refractivity contribution in [3.05, 3.63) is 81.8 Å². The fraction of sp³-hybridized carbons (Fsp3) is 0.227. The molecule has 0 N–H and O–H groups in total. The van der Waals surface area contributed by atoms with Crippen LogP contribution >= 0.6 is 11.8 Å². The third kappa shape index (κ3) is 4.23. The Hall–Kier alpha value is -3.07. The molecular weight excluding hydrogens is 427 g/mol. The van der Waals surface area contributed by atoms with Crippen molar-refractivity contribution in [1.29, 1.82) is 0 Å². The summed E-state index contributed by atoms with van der Waals surface area (Å²) in [6.07, 6.45) is -3.78. The Balaban J connectivity index is 1.79. The van der Waals surface area contributed by atoms with E-state index in [4.69, 9.17) is 0 Å². The van der Waals surface area contributed by atoms with Gasteiger partial charge < -0.3 is 4.90 Å². The number of halogens is 3. The van der Waals surface area contributed by atoms with Crippen molar-refractivity contribution >= 4 is 23.4 Å². The maximum atomic E-state index is 13.3. The molecule has 160 valence electrons. The number of para-hydroxylation sites is 1. The van der Waals surface area contributed by atoms with Gasteiger partial charge in [-0.3, -0.25) is 9.59 Å². The number of thioether (sulfide) groups is 1. The lowest BCUT2D eigenvalue weighted by Gasteiger charge is -2.22. The van der Waals surface area contributed by atoms with Crippen LogP contribution in [0.2, 0.25) is 0 Å². The van der Waals surface area contributed by atoms with Crippen LogP contribution in [0.25, 0.3) is 5.69 Å². The fourth-order valence-electron chi connectivity index (χ4n) is 3.44. The zero-order valence-corrected chi connectivity index (χ0v) is 17.3. The number of anilines is 1. The van der Waals surface area contributed by atoms with Gasteiger partial charge in [0.1, 0.15) is 0 Å². The van der Waals surface area contributed by atoms with E-state index in [1.807, 2.05) is 24.3 Å². The highest BCUT2D eigenvalue weighted by Crippen LogP contribution is 2.34. The van der Waals surface area contributed by atoms with Gasteiger partial charge >= 0.3 is 6.18 Å². The maximum Gasteiger partial charge on any atom is 0.416 e. The molecule has 5 nitrogen and oxygen atoms in total. The smallest absolute Gasteiger partial charge is 0.306 e. The average molecular weight is 445 g/mol. The van der Waals surface area contributed by atoms with Crippen molar-refractivity contribution in [2.75, 3.05) is 17.2 Å². The summed E-state index contributed by atoms with van der Waals surface area (Å²) in [6.45, 7) is 1.97. The summed E-state index contributed by atoms with van der Waals surface area (Å²) >= 11 is 1.63. The van der Waals surface area contributed by atoms with Crippen molar-refractivity contribution in [2.24, 2.45) is 0 Å². The molecule has 3 aromatic rings. The van der Waals surface area contributed by atoms with E-state index in [0.29, 0.717) is 17.9 Å². The molecule has 9 heteroatoms. The van der Waals surface area contributed by atoms with Crippen LogP contribution < -0.4 is 10.3 Å². The number of aryl methyl sites for hydroxylation is 1. The molecule has 2 heterocycles. The van der Waals surface area contributed by atoms with E-state index < -0.39 is 23.1 Å². The predicted octanol–water partition coefficient (Wildman–Crippen LogP) is 4.70. The molecule has 4 rings (SSSR count). The molecule has 31 heavy (non-hydrogen) atoms. The van der Waals surface area contributed by atoms with Crippen LogP contribution in [0, 0.1) is 6.92 Å². The number of nitrogens with zero attached hydrogens (tertiary/aromatic N) is 3. The fourth-order valence-corrected chi connectivity index (χ4v) is 4.43. The van der Waals surface area contributed by atoms with Gasteiger partial charge in [0.2, 0.25) is 5.43 Å². The van der Waals surface area contributed by atoms with Crippen LogP contribution in [0.5, 0.6) is 0 Å². The minimum Gasteiger partial charge on any atom is -0.306 e. The second-order valence-corrected chi connectivity index (χ2v) is 8.22. The van der Waals surface area contributed by atoms with E-state index in [2.05, 4.69) is 5.10 Å². The largest absolute Gasteiger partial charge is 0.416 e. The lowest BCUT2D eigenvalue weighted by Crippen LogP contribution is -2.37. The molecule has 1 aliphatic heterocycles. The summed E-state index contributed by atoms with van der Waals surface area (Å²) in [5.41, 5.74) is -0.593. The van der Waals surface area contributed by atoms with Gasteiger partial charge in [-0.05, 0) is 49.4 Å². The Morgan fingerprint density at radius 2 is 1.87 bits per heavy atom. The first-order chi connectivity index (χ1) is 14.8. The number of carbonyl (C=O) groups excluding carboxylic acids is 1. The number of carbonyl (C=O) groups is 1. The topological polar surface area (TPSA) is 55.2 Å². The molecule has 2 aromatic carbocycles. The molecule has 0 saturated heterocycles. The second-order valence-electron chi connectivity index (χ2n) is 7.08. The molecule has 0 aliphatic carbocycles. The minimum atomic E-state index is -4.52. The number of hydrogen-bond acceptors (Lipinski definition) is 4. The molecular formula is C22H18F3N3O2S. The molecule has 0 radical (unpaired) electrons. The molecule has 0 saturated carbocycles. The lowest BCUT2D eigenvalue weighted by atomic mass is 10.2. The van der Waals surface area contributed by atoms with Gasteiger partial charge in [0.05, 0.1) is 16.9 Å². The van der Waals surface area contributed by atoms with Gasteiger partial charge in [0.15, 0.2) is 5.69 Å². The van der Waals surface area contributed by atoms with Gasteiger partial charge in [-0.2, -0.15) is 18.3 Å². The Morgan fingerprint density at radius 3 is 2.65 bits per heavy atom. The highest BCUT2D eigenvalue weighted by Gasteiger charge is 2.31. The highest BCUT2D eigenvalue weighted by molar-refractivity contribution is 7.99. The molecule has 0 unspecified atom stereocenters. The van der Waals surface area contributed by atoms with Gasteiger partial charge in [0, 0.05) is 23.2 Å². The number of aromatic nitrogens is 2. The Bertz CT molecular complexity index is 1210. The third-order valence-corrected chi connectivity index (χ3v) is 6.06. The molecule has 0 spiro atoms. The van der Waals surface area contributed by atoms with Crippen LogP contribution in [0.15, 0.2) is 64.3 Å². The van der Waals surface area contributed by atoms with E-state index >= 15 is 0 Å². The molecule has 0 atom stereocenters. The van der Waals surface area contributed by atoms with Crippen molar-refractivity contribution < 1.29 is 18.0 Å². The van der Waals surface area contributed by atoms with Gasteiger partial charge in [-0.25, -0.2) is 4.68 Å². The van der Waals surface area contributed by atoms with Crippen molar-refractivity contribution in [1.82, 2.24) is 9.78 Å². The second kappa shape index (κ2) is 8.22. The Kier molecular flexibility index (Phi) is 5.62. The molecule has 1 amide bonds. The van der Waals surface area contributed by atoms with Crippen molar-refractivity contribution in [3.63, 3.8) is 0 Å². The normalized spacial score (nSPS) is 14.1. The third-order valence-electron chi connectivity index (χ3n) is 4.91. The first-order valence-electron chi connectivity index (χ1n) is 9.58. The number of hydrogen-bond donors (Lipinski definition) is 0. The van der Waals surface area contributed by atoms with Crippen LogP contribution in [0.1, 0.15) is 28.2 Å². The predicted molar refractivity (Wildman–Crippen MR) is 113 cm³/mol. The van der Waals surface area contributed by atoms with E-state index in [1.54, 1.807) is 18.7 Å². The summed E-state index contributed by atoms with van der Waals surface area (Å²) < 4.78 is 40.6. The number of fused-ring (bicyclic) bond motifs is 1. The standard InChI is InChI=1S/C22H18F3N3O2S/c1-14-12-18(29)20(26-28(14)16-7-4-6-15(13-16)22(23,24)25)21(30)27-10-5-11-31-19-9-3-2-8-17(19)27/h2-4,6-9,12-13H,5,10-11H2,1H3. The summed E-state index contributed by atoms with van der Waals surface area (Å²) in [5, 5.41) is 4.18. The van der Waals surface area contributed by atoms with Crippen molar-refractivity contribution in [3.8, 4) is 5.69 Å². The Labute approximate surface area is 180 Å². The molecule has 1 aliphatic rings. The maximum absolute atomic E-state index is 13.3. The monoisotopic (exact) mass is 445 g/mol. The first-order valence-corrected chi connectivity index (χ1v) is 10.6. The zero-order chi connectivity index (χ0) is 22.2. The molecule has 1 aromatic heterocycles. The van der Waals surface area contributed by atoms with Gasteiger partial charge in [-0.15, -0.1) is 11.8 Å². The summed E-state index contributed by atoms with van der Waals surface area (Å²) in [5.74, 6) is 0.261. The quantitative estimate of drug-likeness (QED) is 0.574. The first kappa shape index (κ1) is 21.2.